The van der Waals surface area contributed by atoms with Crippen LogP contribution in [0.3, 0.4) is 0 Å². The Kier molecular flexibility index (Phi) is 2.75. The number of rotatable bonds is 2. The summed E-state index contributed by atoms with van der Waals surface area (Å²) in [6.07, 6.45) is 2.89. The van der Waals surface area contributed by atoms with Crippen LogP contribution in [0.1, 0.15) is 5.69 Å². The topological polar surface area (TPSA) is 92.7 Å². The van der Waals surface area contributed by atoms with Gasteiger partial charge in [0.25, 0.3) is 0 Å². The fraction of sp³-hybridized carbons (Fsp3) is 0. The zero-order chi connectivity index (χ0) is 12.3. The standard InChI is InChI=1S/C11H6N4O2/c12-7-10-11(15(16)17)8(4-6-14-10)9-3-1-2-5-13-9/h1-6H. The van der Waals surface area contributed by atoms with Crippen molar-refractivity contribution < 1.29 is 4.92 Å². The fourth-order valence-corrected chi connectivity index (χ4v) is 1.45. The lowest BCUT2D eigenvalue weighted by molar-refractivity contribution is -0.384. The summed E-state index contributed by atoms with van der Waals surface area (Å²) >= 11 is 0. The Hall–Kier alpha value is -2.81. The maximum absolute atomic E-state index is 11.0. The number of aromatic nitrogens is 2. The van der Waals surface area contributed by atoms with Gasteiger partial charge in [-0.3, -0.25) is 15.1 Å². The smallest absolute Gasteiger partial charge is 0.258 e. The van der Waals surface area contributed by atoms with Gasteiger partial charge in [0, 0.05) is 12.4 Å². The van der Waals surface area contributed by atoms with Gasteiger partial charge in [-0.2, -0.15) is 5.26 Å². The van der Waals surface area contributed by atoms with Crippen molar-refractivity contribution in [1.82, 2.24) is 9.97 Å². The molecule has 0 aromatic carbocycles. The third-order valence-corrected chi connectivity index (χ3v) is 2.15. The monoisotopic (exact) mass is 226 g/mol. The van der Waals surface area contributed by atoms with E-state index in [2.05, 4.69) is 9.97 Å². The van der Waals surface area contributed by atoms with E-state index < -0.39 is 4.92 Å². The van der Waals surface area contributed by atoms with Crippen LogP contribution < -0.4 is 0 Å². The minimum Gasteiger partial charge on any atom is -0.258 e. The van der Waals surface area contributed by atoms with Gasteiger partial charge < -0.3 is 0 Å². The van der Waals surface area contributed by atoms with Gasteiger partial charge in [0.05, 0.1) is 16.2 Å². The Morgan fingerprint density at radius 2 is 2.06 bits per heavy atom. The highest BCUT2D eigenvalue weighted by Crippen LogP contribution is 2.29. The molecule has 0 aliphatic heterocycles. The molecule has 2 rings (SSSR count). The van der Waals surface area contributed by atoms with Gasteiger partial charge in [-0.15, -0.1) is 0 Å². The van der Waals surface area contributed by atoms with Gasteiger partial charge >= 0.3 is 5.69 Å². The molecule has 0 aliphatic rings. The normalized spacial score (nSPS) is 9.59. The summed E-state index contributed by atoms with van der Waals surface area (Å²) in [7, 11) is 0. The Morgan fingerprint density at radius 1 is 1.24 bits per heavy atom. The molecule has 0 radical (unpaired) electrons. The van der Waals surface area contributed by atoms with E-state index in [9.17, 15) is 10.1 Å². The molecule has 0 saturated carbocycles. The van der Waals surface area contributed by atoms with Crippen molar-refractivity contribution in [1.29, 1.82) is 5.26 Å². The van der Waals surface area contributed by atoms with Gasteiger partial charge in [0.15, 0.2) is 0 Å². The van der Waals surface area contributed by atoms with Gasteiger partial charge in [0.1, 0.15) is 6.07 Å². The Bertz CT molecular complexity index is 605. The Morgan fingerprint density at radius 3 is 2.65 bits per heavy atom. The summed E-state index contributed by atoms with van der Waals surface area (Å²) in [5, 5.41) is 19.8. The number of nitriles is 1. The maximum atomic E-state index is 11.0. The molecular formula is C11H6N4O2. The lowest BCUT2D eigenvalue weighted by Crippen LogP contribution is -1.98. The van der Waals surface area contributed by atoms with Crippen molar-refractivity contribution in [3.63, 3.8) is 0 Å². The van der Waals surface area contributed by atoms with E-state index in [0.717, 1.165) is 0 Å². The van der Waals surface area contributed by atoms with Crippen LogP contribution in [0.25, 0.3) is 11.3 Å². The number of nitrogens with zero attached hydrogens (tertiary/aromatic N) is 4. The molecule has 0 saturated heterocycles. The summed E-state index contributed by atoms with van der Waals surface area (Å²) in [5.41, 5.74) is 0.215. The van der Waals surface area contributed by atoms with Crippen LogP contribution in [0.4, 0.5) is 5.69 Å². The molecule has 0 fully saturated rings. The molecule has 0 spiro atoms. The Balaban J connectivity index is 2.71. The van der Waals surface area contributed by atoms with Crippen LogP contribution in [0, 0.1) is 21.4 Å². The zero-order valence-corrected chi connectivity index (χ0v) is 8.57. The van der Waals surface area contributed by atoms with Crippen LogP contribution in [-0.2, 0) is 0 Å². The van der Waals surface area contributed by atoms with Gasteiger partial charge in [0.2, 0.25) is 5.69 Å². The molecule has 17 heavy (non-hydrogen) atoms. The van der Waals surface area contributed by atoms with Crippen LogP contribution in [0.2, 0.25) is 0 Å². The van der Waals surface area contributed by atoms with Crippen molar-refractivity contribution in [3.05, 3.63) is 52.5 Å². The first-order chi connectivity index (χ1) is 8.24. The lowest BCUT2D eigenvalue weighted by Gasteiger charge is -2.02. The first kappa shape index (κ1) is 10.7. The van der Waals surface area contributed by atoms with Crippen LogP contribution in [0.5, 0.6) is 0 Å². The summed E-state index contributed by atoms with van der Waals surface area (Å²) < 4.78 is 0. The highest BCUT2D eigenvalue weighted by atomic mass is 16.6. The van der Waals surface area contributed by atoms with E-state index in [4.69, 9.17) is 5.26 Å². The van der Waals surface area contributed by atoms with Gasteiger partial charge in [-0.25, -0.2) is 4.98 Å². The van der Waals surface area contributed by atoms with Gasteiger partial charge in [-0.1, -0.05) is 6.07 Å². The molecule has 82 valence electrons. The van der Waals surface area contributed by atoms with E-state index in [1.807, 2.05) is 0 Å². The molecule has 0 bridgehead atoms. The second kappa shape index (κ2) is 4.37. The van der Waals surface area contributed by atoms with E-state index in [1.54, 1.807) is 24.3 Å². The van der Waals surface area contributed by atoms with Gasteiger partial charge in [-0.05, 0) is 18.2 Å². The SMILES string of the molecule is N#Cc1nccc(-c2ccccn2)c1[N+](=O)[O-]. The fourth-order valence-electron chi connectivity index (χ4n) is 1.45. The zero-order valence-electron chi connectivity index (χ0n) is 8.57. The molecular weight excluding hydrogens is 220 g/mol. The molecule has 0 aliphatic carbocycles. The second-order valence-corrected chi connectivity index (χ2v) is 3.14. The molecule has 2 aromatic heterocycles. The first-order valence-corrected chi connectivity index (χ1v) is 4.69. The third-order valence-electron chi connectivity index (χ3n) is 2.15. The molecule has 0 N–H and O–H groups in total. The van der Waals surface area contributed by atoms with Crippen molar-refractivity contribution in [2.24, 2.45) is 0 Å². The molecule has 0 amide bonds. The largest absolute Gasteiger partial charge is 0.314 e. The maximum Gasteiger partial charge on any atom is 0.314 e. The molecule has 2 aromatic rings. The summed E-state index contributed by atoms with van der Waals surface area (Å²) in [4.78, 5) is 18.0. The predicted octanol–water partition coefficient (Wildman–Crippen LogP) is 1.92. The first-order valence-electron chi connectivity index (χ1n) is 4.69. The van der Waals surface area contributed by atoms with E-state index in [1.165, 1.54) is 18.5 Å². The highest BCUT2D eigenvalue weighted by Gasteiger charge is 2.22. The quantitative estimate of drug-likeness (QED) is 0.576. The lowest BCUT2D eigenvalue weighted by atomic mass is 10.1. The highest BCUT2D eigenvalue weighted by molar-refractivity contribution is 5.73. The molecule has 6 heteroatoms. The van der Waals surface area contributed by atoms with Crippen molar-refractivity contribution in [3.8, 4) is 17.3 Å². The second-order valence-electron chi connectivity index (χ2n) is 3.14. The van der Waals surface area contributed by atoms with Crippen LogP contribution in [0.15, 0.2) is 36.7 Å². The number of hydrogen-bond acceptors (Lipinski definition) is 5. The van der Waals surface area contributed by atoms with Crippen molar-refractivity contribution >= 4 is 5.69 Å². The molecule has 6 nitrogen and oxygen atoms in total. The average Bonchev–Trinajstić information content (AvgIpc) is 2.38. The van der Waals surface area contributed by atoms with Crippen LogP contribution >= 0.6 is 0 Å². The average molecular weight is 226 g/mol. The van der Waals surface area contributed by atoms with Crippen molar-refractivity contribution in [2.45, 2.75) is 0 Å². The molecule has 0 unspecified atom stereocenters. The minimum absolute atomic E-state index is 0.210. The summed E-state index contributed by atoms with van der Waals surface area (Å²) in [6, 6.07) is 8.25. The van der Waals surface area contributed by atoms with E-state index >= 15 is 0 Å². The van der Waals surface area contributed by atoms with Crippen molar-refractivity contribution in [2.75, 3.05) is 0 Å². The molecule has 2 heterocycles. The Labute approximate surface area is 96.3 Å². The molecule has 0 atom stereocenters. The van der Waals surface area contributed by atoms with Crippen LogP contribution in [-0.4, -0.2) is 14.9 Å². The van der Waals surface area contributed by atoms with E-state index in [0.29, 0.717) is 11.3 Å². The summed E-state index contributed by atoms with van der Waals surface area (Å²) in [5.74, 6) is 0. The number of pyridine rings is 2. The number of nitro groups is 1. The van der Waals surface area contributed by atoms with E-state index in [-0.39, 0.29) is 11.4 Å². The minimum atomic E-state index is -0.616. The number of hydrogen-bond donors (Lipinski definition) is 0. The summed E-state index contributed by atoms with van der Waals surface area (Å²) in [6.45, 7) is 0. The predicted molar refractivity (Wildman–Crippen MR) is 58.8 cm³/mol. The third kappa shape index (κ3) is 1.94.